The largest absolute Gasteiger partial charge is 0.368 e. The fourth-order valence-electron chi connectivity index (χ4n) is 3.62. The highest BCUT2D eigenvalue weighted by molar-refractivity contribution is 5.93. The first-order valence-electron chi connectivity index (χ1n) is 9.70. The van der Waals surface area contributed by atoms with Crippen molar-refractivity contribution in [3.05, 3.63) is 48.0 Å². The number of hydrogen-bond acceptors (Lipinski definition) is 6. The molecule has 1 aromatic heterocycles. The summed E-state index contributed by atoms with van der Waals surface area (Å²) in [6.07, 6.45) is 3.96. The molecule has 2 amide bonds. The molecule has 0 saturated carbocycles. The van der Waals surface area contributed by atoms with Crippen LogP contribution in [0.3, 0.4) is 0 Å². The molecule has 29 heavy (non-hydrogen) atoms. The summed E-state index contributed by atoms with van der Waals surface area (Å²) in [6, 6.07) is 6.52. The molecule has 0 bridgehead atoms. The molecule has 0 N–H and O–H groups in total. The molecule has 152 valence electrons. The van der Waals surface area contributed by atoms with Gasteiger partial charge in [-0.05, 0) is 24.3 Å². The van der Waals surface area contributed by atoms with Crippen LogP contribution < -0.4 is 9.80 Å². The molecule has 3 heterocycles. The summed E-state index contributed by atoms with van der Waals surface area (Å²) < 4.78 is 13.1. The Morgan fingerprint density at radius 1 is 0.862 bits per heavy atom. The molecule has 0 aliphatic carbocycles. The van der Waals surface area contributed by atoms with Crippen LogP contribution in [0, 0.1) is 5.82 Å². The van der Waals surface area contributed by atoms with Crippen molar-refractivity contribution in [1.29, 1.82) is 0 Å². The highest BCUT2D eigenvalue weighted by Crippen LogP contribution is 2.19. The molecule has 0 unspecified atom stereocenters. The van der Waals surface area contributed by atoms with E-state index in [0.717, 1.165) is 38.3 Å². The van der Waals surface area contributed by atoms with Crippen molar-refractivity contribution in [1.82, 2.24) is 19.8 Å². The van der Waals surface area contributed by atoms with Crippen molar-refractivity contribution in [2.24, 2.45) is 0 Å². The third-order valence-corrected chi connectivity index (χ3v) is 5.39. The van der Waals surface area contributed by atoms with E-state index in [1.807, 2.05) is 0 Å². The van der Waals surface area contributed by atoms with Gasteiger partial charge in [-0.1, -0.05) is 0 Å². The van der Waals surface area contributed by atoms with Crippen LogP contribution in [-0.4, -0.2) is 84.4 Å². The van der Waals surface area contributed by atoms with Crippen LogP contribution in [0.5, 0.6) is 0 Å². The topological polar surface area (TPSA) is 72.9 Å². The van der Waals surface area contributed by atoms with Crippen LogP contribution in [0.2, 0.25) is 0 Å². The lowest BCUT2D eigenvalue weighted by molar-refractivity contribution is -0.119. The van der Waals surface area contributed by atoms with E-state index in [0.29, 0.717) is 37.7 Å². The summed E-state index contributed by atoms with van der Waals surface area (Å²) in [4.78, 5) is 39.8. The van der Waals surface area contributed by atoms with Crippen LogP contribution >= 0.6 is 0 Å². The molecule has 9 heteroatoms. The summed E-state index contributed by atoms with van der Waals surface area (Å²) in [5.41, 5.74) is 1.46. The van der Waals surface area contributed by atoms with Crippen molar-refractivity contribution in [3.8, 4) is 0 Å². The van der Waals surface area contributed by atoms with Gasteiger partial charge in [0.05, 0.1) is 5.56 Å². The number of carbonyl (C=O) groups excluding carboxylic acids is 2. The second-order valence-corrected chi connectivity index (χ2v) is 7.16. The molecule has 2 aliphatic heterocycles. The number of aromatic nitrogens is 2. The Balaban J connectivity index is 1.33. The molecular formula is C20H23FN6O2. The zero-order valence-corrected chi connectivity index (χ0v) is 16.1. The van der Waals surface area contributed by atoms with Crippen LogP contribution in [-0.2, 0) is 4.79 Å². The van der Waals surface area contributed by atoms with Gasteiger partial charge < -0.3 is 19.6 Å². The van der Waals surface area contributed by atoms with Crippen LogP contribution in [0.1, 0.15) is 10.4 Å². The van der Waals surface area contributed by atoms with Gasteiger partial charge in [0.25, 0.3) is 5.91 Å². The first kappa shape index (κ1) is 19.1. The third kappa shape index (κ3) is 4.28. The summed E-state index contributed by atoms with van der Waals surface area (Å²) in [6.45, 7) is 5.21. The predicted molar refractivity (Wildman–Crippen MR) is 106 cm³/mol. The number of carbonyl (C=O) groups is 2. The van der Waals surface area contributed by atoms with E-state index < -0.39 is 0 Å². The Hall–Kier alpha value is -3.23. The number of hydrogen-bond donors (Lipinski definition) is 0. The van der Waals surface area contributed by atoms with E-state index in [1.54, 1.807) is 34.3 Å². The van der Waals surface area contributed by atoms with Crippen molar-refractivity contribution in [3.63, 3.8) is 0 Å². The lowest BCUT2D eigenvalue weighted by atomic mass is 10.2. The number of amides is 2. The average molecular weight is 398 g/mol. The third-order valence-electron chi connectivity index (χ3n) is 5.39. The Kier molecular flexibility index (Phi) is 5.55. The van der Waals surface area contributed by atoms with E-state index in [2.05, 4.69) is 19.8 Å². The van der Waals surface area contributed by atoms with Crippen molar-refractivity contribution >= 4 is 24.0 Å². The summed E-state index contributed by atoms with van der Waals surface area (Å²) in [7, 11) is 0. The highest BCUT2D eigenvalue weighted by Gasteiger charge is 2.23. The fraction of sp³-hybridized carbons (Fsp3) is 0.400. The van der Waals surface area contributed by atoms with E-state index in [1.165, 1.54) is 12.1 Å². The quantitative estimate of drug-likeness (QED) is 0.712. The Morgan fingerprint density at radius 3 is 2.03 bits per heavy atom. The number of halogens is 1. The van der Waals surface area contributed by atoms with Gasteiger partial charge >= 0.3 is 0 Å². The molecule has 2 aromatic rings. The van der Waals surface area contributed by atoms with Gasteiger partial charge in [0.2, 0.25) is 12.4 Å². The average Bonchev–Trinajstić information content (AvgIpc) is 2.79. The van der Waals surface area contributed by atoms with Gasteiger partial charge in [0.1, 0.15) is 5.82 Å². The standard InChI is InChI=1S/C20H23FN6O2/c21-17-1-3-18(4-2-17)25-9-11-27(12-10-25)20-22-13-16(14-23-20)19(29)26-7-5-24(15-28)6-8-26/h1-4,13-15H,5-12H2. The maximum Gasteiger partial charge on any atom is 0.257 e. The maximum absolute atomic E-state index is 13.1. The Morgan fingerprint density at radius 2 is 1.45 bits per heavy atom. The van der Waals surface area contributed by atoms with Crippen LogP contribution in [0.4, 0.5) is 16.0 Å². The van der Waals surface area contributed by atoms with Crippen LogP contribution in [0.15, 0.2) is 36.7 Å². The van der Waals surface area contributed by atoms with E-state index in [4.69, 9.17) is 0 Å². The predicted octanol–water partition coefficient (Wildman–Crippen LogP) is 0.856. The minimum Gasteiger partial charge on any atom is -0.368 e. The van der Waals surface area contributed by atoms with Gasteiger partial charge in [-0.25, -0.2) is 14.4 Å². The lowest BCUT2D eigenvalue weighted by Crippen LogP contribution is -2.48. The van der Waals surface area contributed by atoms with Crippen molar-refractivity contribution < 1.29 is 14.0 Å². The number of piperazine rings is 2. The molecule has 2 saturated heterocycles. The van der Waals surface area contributed by atoms with Gasteiger partial charge in [-0.3, -0.25) is 9.59 Å². The van der Waals surface area contributed by atoms with Gasteiger partial charge in [-0.2, -0.15) is 0 Å². The number of rotatable bonds is 4. The van der Waals surface area contributed by atoms with Crippen molar-refractivity contribution in [2.45, 2.75) is 0 Å². The van der Waals surface area contributed by atoms with E-state index >= 15 is 0 Å². The monoisotopic (exact) mass is 398 g/mol. The number of nitrogens with zero attached hydrogens (tertiary/aromatic N) is 6. The zero-order valence-electron chi connectivity index (χ0n) is 16.1. The summed E-state index contributed by atoms with van der Waals surface area (Å²) in [5, 5.41) is 0. The van der Waals surface area contributed by atoms with E-state index in [9.17, 15) is 14.0 Å². The Bertz CT molecular complexity index is 844. The van der Waals surface area contributed by atoms with Gasteiger partial charge in [0.15, 0.2) is 0 Å². The van der Waals surface area contributed by atoms with E-state index in [-0.39, 0.29) is 11.7 Å². The SMILES string of the molecule is O=CN1CCN(C(=O)c2cnc(N3CCN(c4ccc(F)cc4)CC3)nc2)CC1. The highest BCUT2D eigenvalue weighted by atomic mass is 19.1. The van der Waals surface area contributed by atoms with Gasteiger partial charge in [-0.15, -0.1) is 0 Å². The second kappa shape index (κ2) is 8.42. The minimum atomic E-state index is -0.235. The molecule has 0 spiro atoms. The van der Waals surface area contributed by atoms with Gasteiger partial charge in [0, 0.05) is 70.4 Å². The number of anilines is 2. The Labute approximate surface area is 168 Å². The maximum atomic E-state index is 13.1. The molecule has 4 rings (SSSR count). The first-order chi connectivity index (χ1) is 14.1. The lowest BCUT2D eigenvalue weighted by Gasteiger charge is -2.36. The smallest absolute Gasteiger partial charge is 0.257 e. The van der Waals surface area contributed by atoms with Crippen molar-refractivity contribution in [2.75, 3.05) is 62.2 Å². The molecule has 0 radical (unpaired) electrons. The minimum absolute atomic E-state index is 0.108. The first-order valence-corrected chi connectivity index (χ1v) is 9.70. The summed E-state index contributed by atoms with van der Waals surface area (Å²) in [5.74, 6) is 0.260. The molecule has 8 nitrogen and oxygen atoms in total. The second-order valence-electron chi connectivity index (χ2n) is 7.16. The van der Waals surface area contributed by atoms with Crippen LogP contribution in [0.25, 0.3) is 0 Å². The molecular weight excluding hydrogens is 375 g/mol. The molecule has 2 fully saturated rings. The zero-order chi connectivity index (χ0) is 20.2. The fourth-order valence-corrected chi connectivity index (χ4v) is 3.62. The molecule has 0 atom stereocenters. The molecule has 2 aliphatic rings. The molecule has 1 aromatic carbocycles. The normalized spacial score (nSPS) is 17.4. The number of benzene rings is 1. The summed E-state index contributed by atoms with van der Waals surface area (Å²) >= 11 is 0.